The number of aliphatic hydroxyl groups excluding tert-OH is 1. The minimum atomic E-state index is -0.738. The number of amides is 1. The van der Waals surface area contributed by atoms with E-state index in [9.17, 15) is 9.90 Å². The molecule has 1 fully saturated rings. The lowest BCUT2D eigenvalue weighted by Crippen LogP contribution is -2.34. The number of ether oxygens (including phenoxy) is 1. The molecule has 0 bridgehead atoms. The summed E-state index contributed by atoms with van der Waals surface area (Å²) in [5.41, 5.74) is 0.403. The molecule has 1 aliphatic rings. The number of aliphatic hydroxyl groups is 1. The minimum absolute atomic E-state index is 0.0275. The van der Waals surface area contributed by atoms with E-state index in [1.807, 2.05) is 6.92 Å². The third-order valence-electron chi connectivity index (χ3n) is 3.79. The number of nitrogens with one attached hydrogen (secondary N) is 1. The third kappa shape index (κ3) is 3.99. The third-order valence-corrected chi connectivity index (χ3v) is 4.72. The molecule has 2 aromatic heterocycles. The second-order valence-corrected chi connectivity index (χ2v) is 6.60. The van der Waals surface area contributed by atoms with Crippen molar-refractivity contribution >= 4 is 17.2 Å². The largest absolute Gasteiger partial charge is 0.467 e. The SMILES string of the molecule is CC(CC(O)c1ccco1)NC(=O)c1csc(C2CCCO2)n1. The highest BCUT2D eigenvalue weighted by atomic mass is 32.1. The highest BCUT2D eigenvalue weighted by Crippen LogP contribution is 2.30. The molecule has 1 aliphatic heterocycles. The maximum Gasteiger partial charge on any atom is 0.270 e. The zero-order chi connectivity index (χ0) is 16.2. The molecule has 3 heterocycles. The van der Waals surface area contributed by atoms with Crippen LogP contribution in [0.4, 0.5) is 0 Å². The van der Waals surface area contributed by atoms with E-state index in [0.717, 1.165) is 24.5 Å². The first-order chi connectivity index (χ1) is 11.1. The fourth-order valence-electron chi connectivity index (χ4n) is 2.60. The van der Waals surface area contributed by atoms with Gasteiger partial charge in [0, 0.05) is 24.4 Å². The van der Waals surface area contributed by atoms with E-state index in [-0.39, 0.29) is 18.1 Å². The van der Waals surface area contributed by atoms with E-state index in [1.54, 1.807) is 17.5 Å². The Morgan fingerprint density at radius 1 is 1.61 bits per heavy atom. The van der Waals surface area contributed by atoms with Gasteiger partial charge in [-0.25, -0.2) is 4.98 Å². The molecule has 1 saturated heterocycles. The number of thiazole rings is 1. The van der Waals surface area contributed by atoms with Crippen LogP contribution in [0.5, 0.6) is 0 Å². The van der Waals surface area contributed by atoms with Gasteiger partial charge in [-0.2, -0.15) is 0 Å². The van der Waals surface area contributed by atoms with Gasteiger partial charge in [-0.3, -0.25) is 4.79 Å². The van der Waals surface area contributed by atoms with Crippen LogP contribution in [0.3, 0.4) is 0 Å². The fraction of sp³-hybridized carbons (Fsp3) is 0.500. The Bertz CT molecular complexity index is 634. The van der Waals surface area contributed by atoms with Crippen molar-refractivity contribution in [3.63, 3.8) is 0 Å². The van der Waals surface area contributed by atoms with Gasteiger partial charge in [0.1, 0.15) is 28.7 Å². The van der Waals surface area contributed by atoms with Crippen molar-refractivity contribution < 1.29 is 19.1 Å². The molecular formula is C16H20N2O4S. The lowest BCUT2D eigenvalue weighted by Gasteiger charge is -2.16. The zero-order valence-electron chi connectivity index (χ0n) is 12.9. The summed E-state index contributed by atoms with van der Waals surface area (Å²) in [6, 6.07) is 3.24. The topological polar surface area (TPSA) is 84.6 Å². The Kier molecular flexibility index (Phi) is 5.09. The molecule has 0 aromatic carbocycles. The quantitative estimate of drug-likeness (QED) is 0.847. The second kappa shape index (κ2) is 7.25. The van der Waals surface area contributed by atoms with Crippen LogP contribution < -0.4 is 5.32 Å². The molecule has 2 N–H and O–H groups in total. The van der Waals surface area contributed by atoms with E-state index >= 15 is 0 Å². The number of hydrogen-bond donors (Lipinski definition) is 2. The van der Waals surface area contributed by atoms with E-state index in [0.29, 0.717) is 17.9 Å². The molecule has 3 rings (SSSR count). The number of rotatable bonds is 6. The fourth-order valence-corrected chi connectivity index (χ4v) is 3.48. The average Bonchev–Trinajstić information content (AvgIpc) is 3.27. The number of carbonyl (C=O) groups is 1. The van der Waals surface area contributed by atoms with Crippen LogP contribution in [0.2, 0.25) is 0 Å². The van der Waals surface area contributed by atoms with Gasteiger partial charge in [-0.15, -0.1) is 11.3 Å². The van der Waals surface area contributed by atoms with Crippen LogP contribution in [0.25, 0.3) is 0 Å². The van der Waals surface area contributed by atoms with Crippen molar-refractivity contribution in [1.29, 1.82) is 0 Å². The minimum Gasteiger partial charge on any atom is -0.467 e. The number of hydrogen-bond acceptors (Lipinski definition) is 6. The predicted molar refractivity (Wildman–Crippen MR) is 85.3 cm³/mol. The number of furan rings is 1. The smallest absolute Gasteiger partial charge is 0.270 e. The van der Waals surface area contributed by atoms with E-state index < -0.39 is 6.10 Å². The van der Waals surface area contributed by atoms with Crippen molar-refractivity contribution in [2.75, 3.05) is 6.61 Å². The van der Waals surface area contributed by atoms with Gasteiger partial charge in [-0.05, 0) is 31.9 Å². The Labute approximate surface area is 138 Å². The van der Waals surface area contributed by atoms with Crippen molar-refractivity contribution in [3.05, 3.63) is 40.2 Å². The van der Waals surface area contributed by atoms with E-state index in [2.05, 4.69) is 10.3 Å². The Morgan fingerprint density at radius 3 is 3.17 bits per heavy atom. The summed E-state index contributed by atoms with van der Waals surface area (Å²) in [6.45, 7) is 2.60. The highest BCUT2D eigenvalue weighted by Gasteiger charge is 2.23. The van der Waals surface area contributed by atoms with Crippen LogP contribution in [0.15, 0.2) is 28.2 Å². The van der Waals surface area contributed by atoms with Gasteiger partial charge in [0.15, 0.2) is 0 Å². The van der Waals surface area contributed by atoms with Crippen LogP contribution in [0, 0.1) is 0 Å². The normalized spacial score (nSPS) is 20.3. The Morgan fingerprint density at radius 2 is 2.48 bits per heavy atom. The average molecular weight is 336 g/mol. The molecule has 3 unspecified atom stereocenters. The molecule has 23 heavy (non-hydrogen) atoms. The van der Waals surface area contributed by atoms with Crippen molar-refractivity contribution in [1.82, 2.24) is 10.3 Å². The summed E-state index contributed by atoms with van der Waals surface area (Å²) < 4.78 is 10.7. The van der Waals surface area contributed by atoms with Crippen molar-refractivity contribution in [2.24, 2.45) is 0 Å². The highest BCUT2D eigenvalue weighted by molar-refractivity contribution is 7.09. The standard InChI is InChI=1S/C16H20N2O4S/c1-10(8-12(19)13-4-2-6-21-13)17-15(20)11-9-23-16(18-11)14-5-3-7-22-14/h2,4,6,9-10,12,14,19H,3,5,7-8H2,1H3,(H,17,20). The molecule has 7 heteroatoms. The Balaban J connectivity index is 1.54. The van der Waals surface area contributed by atoms with Crippen LogP contribution in [0.1, 0.15) is 59.7 Å². The zero-order valence-corrected chi connectivity index (χ0v) is 13.7. The molecule has 1 amide bonds. The predicted octanol–water partition coefficient (Wildman–Crippen LogP) is 2.83. The lowest BCUT2D eigenvalue weighted by molar-refractivity contribution is 0.0896. The molecule has 6 nitrogen and oxygen atoms in total. The van der Waals surface area contributed by atoms with Gasteiger partial charge in [0.2, 0.25) is 0 Å². The van der Waals surface area contributed by atoms with Crippen molar-refractivity contribution in [2.45, 2.75) is 44.4 Å². The van der Waals surface area contributed by atoms with Crippen LogP contribution >= 0.6 is 11.3 Å². The van der Waals surface area contributed by atoms with Gasteiger partial charge < -0.3 is 19.6 Å². The second-order valence-electron chi connectivity index (χ2n) is 5.71. The van der Waals surface area contributed by atoms with Crippen molar-refractivity contribution in [3.8, 4) is 0 Å². The number of nitrogens with zero attached hydrogens (tertiary/aromatic N) is 1. The summed E-state index contributed by atoms with van der Waals surface area (Å²) in [5.74, 6) is 0.269. The first kappa shape index (κ1) is 16.2. The lowest BCUT2D eigenvalue weighted by atomic mass is 10.1. The molecule has 0 spiro atoms. The summed E-state index contributed by atoms with van der Waals surface area (Å²) in [5, 5.41) is 15.5. The summed E-state index contributed by atoms with van der Waals surface area (Å²) in [7, 11) is 0. The first-order valence-electron chi connectivity index (χ1n) is 7.73. The summed E-state index contributed by atoms with van der Waals surface area (Å²) >= 11 is 1.45. The molecule has 124 valence electrons. The van der Waals surface area contributed by atoms with Crippen LogP contribution in [-0.4, -0.2) is 28.6 Å². The monoisotopic (exact) mass is 336 g/mol. The van der Waals surface area contributed by atoms with E-state index in [1.165, 1.54) is 17.6 Å². The van der Waals surface area contributed by atoms with E-state index in [4.69, 9.17) is 9.15 Å². The molecular weight excluding hydrogens is 316 g/mol. The summed E-state index contributed by atoms with van der Waals surface area (Å²) in [4.78, 5) is 16.6. The molecule has 0 aliphatic carbocycles. The van der Waals surface area contributed by atoms with Gasteiger partial charge in [0.05, 0.1) is 6.26 Å². The van der Waals surface area contributed by atoms with Gasteiger partial charge >= 0.3 is 0 Å². The maximum absolute atomic E-state index is 12.2. The van der Waals surface area contributed by atoms with Crippen LogP contribution in [-0.2, 0) is 4.74 Å². The number of carbonyl (C=O) groups excluding carboxylic acids is 1. The Hall–Kier alpha value is -1.70. The number of aromatic nitrogens is 1. The molecule has 3 atom stereocenters. The van der Waals surface area contributed by atoms with Gasteiger partial charge in [-0.1, -0.05) is 0 Å². The maximum atomic E-state index is 12.2. The molecule has 0 saturated carbocycles. The summed E-state index contributed by atoms with van der Waals surface area (Å²) in [6.07, 6.45) is 3.18. The molecule has 2 aromatic rings. The van der Waals surface area contributed by atoms with Gasteiger partial charge in [0.25, 0.3) is 5.91 Å². The molecule has 0 radical (unpaired) electrons. The first-order valence-corrected chi connectivity index (χ1v) is 8.61.